The Morgan fingerprint density at radius 3 is 2.96 bits per heavy atom. The summed E-state index contributed by atoms with van der Waals surface area (Å²) in [5, 5.41) is 7.75. The van der Waals surface area contributed by atoms with Crippen molar-refractivity contribution < 1.29 is 13.5 Å². The highest BCUT2D eigenvalue weighted by Crippen LogP contribution is 2.33. The third kappa shape index (κ3) is 2.32. The number of methoxy groups -OCH3 is 1. The predicted octanol–water partition coefficient (Wildman–Crippen LogP) is 1.58. The van der Waals surface area contributed by atoms with Crippen LogP contribution in [0.2, 0.25) is 0 Å². The lowest BCUT2D eigenvalue weighted by atomic mass is 9.96. The molecule has 1 atom stereocenters. The molecule has 126 valence electrons. The van der Waals surface area contributed by atoms with Crippen molar-refractivity contribution in [2.24, 2.45) is 0 Å². The highest BCUT2D eigenvalue weighted by Gasteiger charge is 2.38. The van der Waals surface area contributed by atoms with Gasteiger partial charge in [-0.3, -0.25) is 0 Å². The van der Waals surface area contributed by atoms with Gasteiger partial charge in [0, 0.05) is 24.3 Å². The number of para-hydroxylation sites is 1. The van der Waals surface area contributed by atoms with Crippen LogP contribution in [-0.2, 0) is 0 Å². The topological polar surface area (TPSA) is 90.4 Å². The van der Waals surface area contributed by atoms with E-state index in [1.807, 2.05) is 12.1 Å². The Balaban J connectivity index is 1.89. The molecule has 3 N–H and O–H groups in total. The van der Waals surface area contributed by atoms with Crippen molar-refractivity contribution >= 4 is 22.5 Å². The molecular weight excluding hydrogens is 318 g/mol. The summed E-state index contributed by atoms with van der Waals surface area (Å²) in [5.41, 5.74) is 7.02. The van der Waals surface area contributed by atoms with Crippen molar-refractivity contribution in [1.29, 1.82) is 0 Å². The second-order valence-corrected chi connectivity index (χ2v) is 5.92. The van der Waals surface area contributed by atoms with E-state index in [4.69, 9.17) is 10.5 Å². The maximum absolute atomic E-state index is 13.6. The van der Waals surface area contributed by atoms with Crippen molar-refractivity contribution in [2.75, 3.05) is 25.9 Å². The minimum absolute atomic E-state index is 0.135. The molecule has 1 aliphatic rings. The Bertz CT molecular complexity index is 925. The number of hydrogen-bond donors (Lipinski definition) is 2. The molecule has 7 nitrogen and oxygen atoms in total. The van der Waals surface area contributed by atoms with Gasteiger partial charge < -0.3 is 15.8 Å². The first-order chi connectivity index (χ1) is 11.5. The molecular formula is C15H16F2N6O. The molecule has 24 heavy (non-hydrogen) atoms. The predicted molar refractivity (Wildman–Crippen MR) is 84.4 cm³/mol. The van der Waals surface area contributed by atoms with Gasteiger partial charge in [0.15, 0.2) is 11.5 Å². The molecule has 0 aliphatic carbocycles. The average molecular weight is 334 g/mol. The number of piperidine rings is 1. The van der Waals surface area contributed by atoms with E-state index in [2.05, 4.69) is 20.4 Å². The smallest absolute Gasteiger partial charge is 0.261 e. The van der Waals surface area contributed by atoms with Crippen LogP contribution in [0.1, 0.15) is 18.2 Å². The van der Waals surface area contributed by atoms with Crippen molar-refractivity contribution in [1.82, 2.24) is 24.9 Å². The standard InChI is InChI=1S/C15H16F2N6O/c1-24-10-4-2-3-9-11(10)20-14(18)23-13(9)21-12(22-23)8-5-15(16,17)7-19-6-8/h2-4,8,19H,5-7H2,1H3,(H2,18,20). The van der Waals surface area contributed by atoms with Gasteiger partial charge in [0.2, 0.25) is 5.95 Å². The van der Waals surface area contributed by atoms with Crippen LogP contribution in [0.15, 0.2) is 18.2 Å². The van der Waals surface area contributed by atoms with Crippen LogP contribution in [0.25, 0.3) is 16.6 Å². The second-order valence-electron chi connectivity index (χ2n) is 5.92. The van der Waals surface area contributed by atoms with Gasteiger partial charge in [-0.15, -0.1) is 5.10 Å². The molecule has 0 radical (unpaired) electrons. The SMILES string of the molecule is COc1cccc2c1nc(N)n1nc(C3CNCC(F)(F)C3)nc21. The normalized spacial score (nSPS) is 20.5. The van der Waals surface area contributed by atoms with E-state index in [0.29, 0.717) is 34.7 Å². The third-order valence-electron chi connectivity index (χ3n) is 4.21. The minimum Gasteiger partial charge on any atom is -0.494 e. The van der Waals surface area contributed by atoms with Crippen molar-refractivity contribution in [3.05, 3.63) is 24.0 Å². The van der Waals surface area contributed by atoms with E-state index in [-0.39, 0.29) is 18.9 Å². The summed E-state index contributed by atoms with van der Waals surface area (Å²) in [7, 11) is 1.54. The monoisotopic (exact) mass is 334 g/mol. The summed E-state index contributed by atoms with van der Waals surface area (Å²) in [6, 6.07) is 5.41. The Morgan fingerprint density at radius 2 is 2.21 bits per heavy atom. The van der Waals surface area contributed by atoms with Gasteiger partial charge in [0.05, 0.1) is 13.7 Å². The fourth-order valence-electron chi connectivity index (χ4n) is 3.10. The Kier molecular flexibility index (Phi) is 3.27. The van der Waals surface area contributed by atoms with Gasteiger partial charge in [-0.2, -0.15) is 4.52 Å². The number of nitrogens with zero attached hydrogens (tertiary/aromatic N) is 4. The first kappa shape index (κ1) is 15.0. The zero-order valence-electron chi connectivity index (χ0n) is 13.0. The lowest BCUT2D eigenvalue weighted by molar-refractivity contribution is -0.0286. The number of nitrogen functional groups attached to an aromatic ring is 1. The van der Waals surface area contributed by atoms with Crippen LogP contribution in [0, 0.1) is 0 Å². The van der Waals surface area contributed by atoms with Crippen LogP contribution in [0.3, 0.4) is 0 Å². The van der Waals surface area contributed by atoms with Gasteiger partial charge in [-0.25, -0.2) is 18.7 Å². The van der Waals surface area contributed by atoms with Crippen LogP contribution in [0.5, 0.6) is 5.75 Å². The van der Waals surface area contributed by atoms with Gasteiger partial charge in [-0.1, -0.05) is 6.07 Å². The molecule has 0 amide bonds. The minimum atomic E-state index is -2.77. The maximum atomic E-state index is 13.6. The van der Waals surface area contributed by atoms with E-state index in [9.17, 15) is 8.78 Å². The van der Waals surface area contributed by atoms with Crippen LogP contribution < -0.4 is 15.8 Å². The molecule has 1 fully saturated rings. The molecule has 9 heteroatoms. The summed E-state index contributed by atoms with van der Waals surface area (Å²) in [4.78, 5) is 8.78. The van der Waals surface area contributed by atoms with Crippen molar-refractivity contribution in [3.8, 4) is 5.75 Å². The zero-order chi connectivity index (χ0) is 16.9. The van der Waals surface area contributed by atoms with Gasteiger partial charge in [-0.05, 0) is 12.1 Å². The number of fused-ring (bicyclic) bond motifs is 3. The molecule has 0 bridgehead atoms. The molecule has 0 spiro atoms. The number of ether oxygens (including phenoxy) is 1. The largest absolute Gasteiger partial charge is 0.494 e. The Hall–Kier alpha value is -2.55. The number of anilines is 1. The summed E-state index contributed by atoms with van der Waals surface area (Å²) in [6.07, 6.45) is -0.286. The molecule has 1 unspecified atom stereocenters. The van der Waals surface area contributed by atoms with Crippen LogP contribution in [-0.4, -0.2) is 45.7 Å². The van der Waals surface area contributed by atoms with E-state index in [1.165, 1.54) is 4.52 Å². The summed E-state index contributed by atoms with van der Waals surface area (Å²) in [5.74, 6) is -2.21. The number of aromatic nitrogens is 4. The third-order valence-corrected chi connectivity index (χ3v) is 4.21. The fraction of sp³-hybridized carbons (Fsp3) is 0.400. The Labute approximate surface area is 135 Å². The zero-order valence-corrected chi connectivity index (χ0v) is 13.0. The molecule has 1 saturated heterocycles. The van der Waals surface area contributed by atoms with Gasteiger partial charge >= 0.3 is 0 Å². The summed E-state index contributed by atoms with van der Waals surface area (Å²) < 4.78 is 34.0. The lowest BCUT2D eigenvalue weighted by Crippen LogP contribution is -2.43. The number of nitrogens with two attached hydrogens (primary N) is 1. The van der Waals surface area contributed by atoms with Crippen molar-refractivity contribution in [3.63, 3.8) is 0 Å². The second kappa shape index (κ2) is 5.23. The number of alkyl halides is 2. The molecule has 2 aromatic heterocycles. The Morgan fingerprint density at radius 1 is 1.38 bits per heavy atom. The average Bonchev–Trinajstić information content (AvgIpc) is 3.00. The van der Waals surface area contributed by atoms with E-state index >= 15 is 0 Å². The first-order valence-electron chi connectivity index (χ1n) is 7.56. The van der Waals surface area contributed by atoms with E-state index in [0.717, 1.165) is 0 Å². The lowest BCUT2D eigenvalue weighted by Gasteiger charge is -2.27. The molecule has 1 aliphatic heterocycles. The maximum Gasteiger partial charge on any atom is 0.261 e. The first-order valence-corrected chi connectivity index (χ1v) is 7.56. The van der Waals surface area contributed by atoms with Gasteiger partial charge in [0.25, 0.3) is 5.92 Å². The number of benzene rings is 1. The van der Waals surface area contributed by atoms with Gasteiger partial charge in [0.1, 0.15) is 11.3 Å². The molecule has 1 aromatic carbocycles. The molecule has 0 saturated carbocycles. The molecule has 3 aromatic rings. The number of nitrogens with one attached hydrogen (secondary N) is 1. The summed E-state index contributed by atoms with van der Waals surface area (Å²) >= 11 is 0. The summed E-state index contributed by atoms with van der Waals surface area (Å²) in [6.45, 7) is 0.0851. The van der Waals surface area contributed by atoms with E-state index in [1.54, 1.807) is 13.2 Å². The number of rotatable bonds is 2. The van der Waals surface area contributed by atoms with Crippen LogP contribution >= 0.6 is 0 Å². The molecule has 3 heterocycles. The molecule has 4 rings (SSSR count). The number of halogens is 2. The highest BCUT2D eigenvalue weighted by atomic mass is 19.3. The van der Waals surface area contributed by atoms with Crippen LogP contribution in [0.4, 0.5) is 14.7 Å². The quantitative estimate of drug-likeness (QED) is 0.739. The fourth-order valence-corrected chi connectivity index (χ4v) is 3.10. The van der Waals surface area contributed by atoms with Crippen molar-refractivity contribution in [2.45, 2.75) is 18.3 Å². The number of hydrogen-bond acceptors (Lipinski definition) is 6. The highest BCUT2D eigenvalue weighted by molar-refractivity contribution is 5.95. The van der Waals surface area contributed by atoms with E-state index < -0.39 is 11.8 Å².